The second-order valence-corrected chi connectivity index (χ2v) is 8.59. The maximum absolute atomic E-state index is 13.7. The third kappa shape index (κ3) is 4.35. The first-order valence-electron chi connectivity index (χ1n) is 9.92. The van der Waals surface area contributed by atoms with E-state index in [1.165, 1.54) is 36.4 Å². The summed E-state index contributed by atoms with van der Waals surface area (Å²) in [5.41, 5.74) is -1.18. The summed E-state index contributed by atoms with van der Waals surface area (Å²) in [6.45, 7) is -0.629. The van der Waals surface area contributed by atoms with E-state index in [4.69, 9.17) is 23.2 Å². The first-order chi connectivity index (χ1) is 16.0. The van der Waals surface area contributed by atoms with Crippen molar-refractivity contribution in [2.75, 3.05) is 0 Å². The fourth-order valence-corrected chi connectivity index (χ4v) is 4.78. The van der Waals surface area contributed by atoms with E-state index < -0.39 is 47.9 Å². The Balaban J connectivity index is 1.94. The van der Waals surface area contributed by atoms with Crippen LogP contribution in [0.4, 0.5) is 17.6 Å². The van der Waals surface area contributed by atoms with E-state index in [0.717, 1.165) is 17.0 Å². The van der Waals surface area contributed by atoms with Gasteiger partial charge in [-0.15, -0.1) is 0 Å². The lowest BCUT2D eigenvalue weighted by Gasteiger charge is -2.41. The minimum absolute atomic E-state index is 0.0481. The first kappa shape index (κ1) is 24.0. The second-order valence-electron chi connectivity index (χ2n) is 7.75. The molecule has 0 radical (unpaired) electrons. The van der Waals surface area contributed by atoms with Crippen LogP contribution in [-0.2, 0) is 17.5 Å². The number of carboxylic acid groups (broad SMARTS) is 1. The summed E-state index contributed by atoms with van der Waals surface area (Å²) in [4.78, 5) is 26.9. The van der Waals surface area contributed by atoms with Crippen LogP contribution >= 0.6 is 23.2 Å². The smallest absolute Gasteiger partial charge is 0.416 e. The molecular formula is C24H15Cl2F4NO3. The van der Waals surface area contributed by atoms with Gasteiger partial charge in [-0.05, 0) is 47.0 Å². The SMILES string of the molecule is O=C(O)C1c2ccccc2C(=O)N(Cc2ccc(F)cc2C(F)(F)F)C1c1ccc(Cl)cc1Cl. The lowest BCUT2D eigenvalue weighted by molar-refractivity contribution is -0.141. The number of alkyl halides is 3. The predicted octanol–water partition coefficient (Wildman–Crippen LogP) is 6.72. The number of halogens is 6. The second kappa shape index (κ2) is 8.92. The van der Waals surface area contributed by atoms with Crippen molar-refractivity contribution in [3.05, 3.63) is 104 Å². The number of carbonyl (C=O) groups excluding carboxylic acids is 1. The number of amides is 1. The van der Waals surface area contributed by atoms with Gasteiger partial charge in [-0.3, -0.25) is 9.59 Å². The van der Waals surface area contributed by atoms with Crippen LogP contribution in [0.1, 0.15) is 44.6 Å². The molecule has 0 saturated heterocycles. The Morgan fingerprint density at radius 2 is 1.71 bits per heavy atom. The van der Waals surface area contributed by atoms with Crippen LogP contribution in [0.5, 0.6) is 0 Å². The average molecular weight is 512 g/mol. The normalized spacial score (nSPS) is 18.1. The van der Waals surface area contributed by atoms with Gasteiger partial charge >= 0.3 is 12.1 Å². The number of rotatable bonds is 4. The van der Waals surface area contributed by atoms with Gasteiger partial charge in [0.05, 0.1) is 11.6 Å². The van der Waals surface area contributed by atoms with Crippen molar-refractivity contribution in [2.24, 2.45) is 0 Å². The Morgan fingerprint density at radius 1 is 1.00 bits per heavy atom. The molecule has 4 nitrogen and oxygen atoms in total. The number of nitrogens with zero attached hydrogens (tertiary/aromatic N) is 1. The van der Waals surface area contributed by atoms with Crippen molar-refractivity contribution in [3.8, 4) is 0 Å². The summed E-state index contributed by atoms with van der Waals surface area (Å²) >= 11 is 12.3. The molecule has 0 saturated carbocycles. The van der Waals surface area contributed by atoms with E-state index in [2.05, 4.69) is 0 Å². The molecule has 1 aliphatic rings. The summed E-state index contributed by atoms with van der Waals surface area (Å²) < 4.78 is 54.6. The van der Waals surface area contributed by atoms with Gasteiger partial charge in [-0.1, -0.05) is 53.5 Å². The highest BCUT2D eigenvalue weighted by molar-refractivity contribution is 6.35. The molecule has 2 atom stereocenters. The largest absolute Gasteiger partial charge is 0.481 e. The van der Waals surface area contributed by atoms with Crippen molar-refractivity contribution in [1.82, 2.24) is 4.90 Å². The fraction of sp³-hybridized carbons (Fsp3) is 0.167. The molecule has 10 heteroatoms. The van der Waals surface area contributed by atoms with Gasteiger partial charge in [-0.2, -0.15) is 13.2 Å². The van der Waals surface area contributed by atoms with Gasteiger partial charge in [0.25, 0.3) is 5.91 Å². The van der Waals surface area contributed by atoms with Crippen LogP contribution in [0.15, 0.2) is 60.7 Å². The van der Waals surface area contributed by atoms with Gasteiger partial charge in [-0.25, -0.2) is 4.39 Å². The topological polar surface area (TPSA) is 57.6 Å². The lowest BCUT2D eigenvalue weighted by atomic mass is 9.79. The van der Waals surface area contributed by atoms with Crippen LogP contribution in [0.25, 0.3) is 0 Å². The molecular weight excluding hydrogens is 497 g/mol. The molecule has 1 amide bonds. The number of fused-ring (bicyclic) bond motifs is 1. The number of carboxylic acids is 1. The van der Waals surface area contributed by atoms with Crippen LogP contribution in [0.3, 0.4) is 0 Å². The molecule has 1 aliphatic heterocycles. The Labute approximate surface area is 201 Å². The van der Waals surface area contributed by atoms with Gasteiger partial charge in [0.15, 0.2) is 0 Å². The predicted molar refractivity (Wildman–Crippen MR) is 117 cm³/mol. The molecule has 0 aliphatic carbocycles. The fourth-order valence-electron chi connectivity index (χ4n) is 4.26. The van der Waals surface area contributed by atoms with Crippen LogP contribution < -0.4 is 0 Å². The third-order valence-electron chi connectivity index (χ3n) is 5.70. The highest BCUT2D eigenvalue weighted by atomic mass is 35.5. The van der Waals surface area contributed by atoms with Crippen molar-refractivity contribution in [3.63, 3.8) is 0 Å². The van der Waals surface area contributed by atoms with E-state index in [-0.39, 0.29) is 32.3 Å². The molecule has 2 unspecified atom stereocenters. The van der Waals surface area contributed by atoms with Crippen molar-refractivity contribution < 1.29 is 32.3 Å². The Hall–Kier alpha value is -3.10. The summed E-state index contributed by atoms with van der Waals surface area (Å²) in [6.07, 6.45) is -4.90. The molecule has 1 N–H and O–H groups in total. The number of carbonyl (C=O) groups is 2. The number of benzene rings is 3. The molecule has 0 bridgehead atoms. The lowest BCUT2D eigenvalue weighted by Crippen LogP contribution is -2.44. The van der Waals surface area contributed by atoms with Crippen LogP contribution in [-0.4, -0.2) is 21.9 Å². The van der Waals surface area contributed by atoms with Crippen LogP contribution in [0, 0.1) is 5.82 Å². The molecule has 0 fully saturated rings. The van der Waals surface area contributed by atoms with E-state index in [9.17, 15) is 32.3 Å². The Kier molecular flexibility index (Phi) is 6.31. The monoisotopic (exact) mass is 511 g/mol. The van der Waals surface area contributed by atoms with E-state index in [0.29, 0.717) is 6.07 Å². The summed E-state index contributed by atoms with van der Waals surface area (Å²) in [5, 5.41) is 10.4. The molecule has 0 aromatic heterocycles. The molecule has 3 aromatic carbocycles. The van der Waals surface area contributed by atoms with Crippen molar-refractivity contribution >= 4 is 35.1 Å². The molecule has 34 heavy (non-hydrogen) atoms. The van der Waals surface area contributed by atoms with Gasteiger partial charge in [0.1, 0.15) is 11.7 Å². The van der Waals surface area contributed by atoms with Gasteiger partial charge in [0.2, 0.25) is 0 Å². The molecule has 0 spiro atoms. The maximum atomic E-state index is 13.7. The van der Waals surface area contributed by atoms with E-state index in [1.54, 1.807) is 6.07 Å². The molecule has 3 aromatic rings. The summed E-state index contributed by atoms with van der Waals surface area (Å²) in [6, 6.07) is 11.1. The summed E-state index contributed by atoms with van der Waals surface area (Å²) in [5.74, 6) is -4.40. The standard InChI is InChI=1S/C24H15Cl2F4NO3/c25-13-6-8-17(19(26)9-13)21-20(23(33)34)15-3-1-2-4-16(15)22(32)31(21)11-12-5-7-14(27)10-18(12)24(28,29)30/h1-10,20-21H,11H2,(H,33,34). The molecule has 176 valence electrons. The molecule has 1 heterocycles. The van der Waals surface area contributed by atoms with Gasteiger partial charge < -0.3 is 10.0 Å². The van der Waals surface area contributed by atoms with Crippen molar-refractivity contribution in [1.29, 1.82) is 0 Å². The first-order valence-corrected chi connectivity index (χ1v) is 10.7. The van der Waals surface area contributed by atoms with E-state index >= 15 is 0 Å². The quantitative estimate of drug-likeness (QED) is 0.395. The van der Waals surface area contributed by atoms with Crippen molar-refractivity contribution in [2.45, 2.75) is 24.7 Å². The number of hydrogen-bond acceptors (Lipinski definition) is 2. The highest BCUT2D eigenvalue weighted by Crippen LogP contribution is 2.46. The zero-order valence-electron chi connectivity index (χ0n) is 17.1. The Morgan fingerprint density at radius 3 is 2.35 bits per heavy atom. The minimum atomic E-state index is -4.90. The highest BCUT2D eigenvalue weighted by Gasteiger charge is 2.46. The zero-order valence-corrected chi connectivity index (χ0v) is 18.6. The average Bonchev–Trinajstić information content (AvgIpc) is 2.76. The number of aliphatic carboxylic acids is 1. The maximum Gasteiger partial charge on any atom is 0.416 e. The third-order valence-corrected chi connectivity index (χ3v) is 6.27. The Bertz CT molecular complexity index is 1300. The van der Waals surface area contributed by atoms with Gasteiger partial charge in [0, 0.05) is 22.2 Å². The minimum Gasteiger partial charge on any atom is -0.481 e. The van der Waals surface area contributed by atoms with E-state index in [1.807, 2.05) is 0 Å². The number of hydrogen-bond donors (Lipinski definition) is 1. The summed E-state index contributed by atoms with van der Waals surface area (Å²) in [7, 11) is 0. The molecule has 4 rings (SSSR count). The van der Waals surface area contributed by atoms with Crippen LogP contribution in [0.2, 0.25) is 10.0 Å². The zero-order chi connectivity index (χ0) is 24.8.